The lowest BCUT2D eigenvalue weighted by atomic mass is 9.86. The van der Waals surface area contributed by atoms with Crippen molar-refractivity contribution in [3.8, 4) is 0 Å². The number of rotatable bonds is 7. The first-order valence-corrected chi connectivity index (χ1v) is 7.62. The lowest BCUT2D eigenvalue weighted by Crippen LogP contribution is -2.41. The molecule has 0 aromatic rings. The van der Waals surface area contributed by atoms with Gasteiger partial charge in [-0.2, -0.15) is 0 Å². The minimum atomic E-state index is 0.204. The lowest BCUT2D eigenvalue weighted by Gasteiger charge is -2.29. The Morgan fingerprint density at radius 2 is 1.72 bits per heavy atom. The van der Waals surface area contributed by atoms with Crippen LogP contribution in [-0.2, 0) is 4.79 Å². The van der Waals surface area contributed by atoms with Crippen LogP contribution in [0.5, 0.6) is 0 Å². The van der Waals surface area contributed by atoms with Gasteiger partial charge in [0.1, 0.15) is 0 Å². The number of carbonyl (C=O) groups is 1. The Bertz CT molecular complexity index is 229. The average Bonchev–Trinajstić information content (AvgIpc) is 2.39. The van der Waals surface area contributed by atoms with Gasteiger partial charge in [-0.25, -0.2) is 0 Å². The number of aliphatic hydroxyl groups is 1. The highest BCUT2D eigenvalue weighted by molar-refractivity contribution is 5.78. The molecule has 0 spiro atoms. The smallest absolute Gasteiger partial charge is 0.223 e. The summed E-state index contributed by atoms with van der Waals surface area (Å²) in [6.45, 7) is 4.58. The van der Waals surface area contributed by atoms with Gasteiger partial charge in [-0.1, -0.05) is 26.7 Å². The van der Waals surface area contributed by atoms with Crippen molar-refractivity contribution in [1.82, 2.24) is 5.32 Å². The van der Waals surface area contributed by atoms with Crippen molar-refractivity contribution in [2.45, 2.75) is 71.3 Å². The minimum absolute atomic E-state index is 0.204. The quantitative estimate of drug-likeness (QED) is 0.735. The molecular formula is C15H29NO2. The van der Waals surface area contributed by atoms with Gasteiger partial charge in [0.15, 0.2) is 0 Å². The molecule has 0 aromatic heterocycles. The summed E-state index contributed by atoms with van der Waals surface area (Å²) in [6.07, 6.45) is 8.33. The number of aliphatic hydroxyl groups excluding tert-OH is 1. The fourth-order valence-electron chi connectivity index (χ4n) is 2.91. The van der Waals surface area contributed by atoms with Crippen molar-refractivity contribution in [3.05, 3.63) is 0 Å². The summed E-state index contributed by atoms with van der Waals surface area (Å²) < 4.78 is 0. The van der Waals surface area contributed by atoms with Crippen LogP contribution in [0.1, 0.15) is 65.2 Å². The Kier molecular flexibility index (Phi) is 7.33. The molecule has 0 saturated heterocycles. The number of nitrogens with one attached hydrogen (secondary N) is 1. The first-order chi connectivity index (χ1) is 8.71. The van der Waals surface area contributed by atoms with Crippen LogP contribution in [-0.4, -0.2) is 23.7 Å². The van der Waals surface area contributed by atoms with E-state index >= 15 is 0 Å². The van der Waals surface area contributed by atoms with E-state index in [9.17, 15) is 4.79 Å². The van der Waals surface area contributed by atoms with Gasteiger partial charge in [0.05, 0.1) is 0 Å². The van der Waals surface area contributed by atoms with Gasteiger partial charge >= 0.3 is 0 Å². The largest absolute Gasteiger partial charge is 0.396 e. The maximum absolute atomic E-state index is 12.2. The van der Waals surface area contributed by atoms with E-state index in [-0.39, 0.29) is 11.8 Å². The molecule has 0 aromatic carbocycles. The normalized spacial score (nSPS) is 24.2. The molecule has 0 unspecified atom stereocenters. The van der Waals surface area contributed by atoms with E-state index < -0.39 is 0 Å². The highest BCUT2D eigenvalue weighted by Crippen LogP contribution is 2.24. The predicted molar refractivity (Wildman–Crippen MR) is 74.3 cm³/mol. The zero-order valence-corrected chi connectivity index (χ0v) is 12.0. The van der Waals surface area contributed by atoms with Gasteiger partial charge < -0.3 is 10.4 Å². The summed E-state index contributed by atoms with van der Waals surface area (Å²) in [7, 11) is 0. The van der Waals surface area contributed by atoms with Crippen LogP contribution in [0.4, 0.5) is 0 Å². The van der Waals surface area contributed by atoms with Crippen molar-refractivity contribution in [1.29, 1.82) is 0 Å². The third-order valence-corrected chi connectivity index (χ3v) is 4.10. The fourth-order valence-corrected chi connectivity index (χ4v) is 2.91. The monoisotopic (exact) mass is 255 g/mol. The number of hydrogen-bond acceptors (Lipinski definition) is 2. The Morgan fingerprint density at radius 3 is 2.17 bits per heavy atom. The van der Waals surface area contributed by atoms with Crippen molar-refractivity contribution in [2.24, 2.45) is 11.8 Å². The van der Waals surface area contributed by atoms with Gasteiger partial charge in [-0.05, 0) is 44.4 Å². The van der Waals surface area contributed by atoms with Crippen LogP contribution >= 0.6 is 0 Å². The van der Waals surface area contributed by atoms with Gasteiger partial charge in [0.25, 0.3) is 0 Å². The van der Waals surface area contributed by atoms with Crippen LogP contribution in [0.2, 0.25) is 0 Å². The van der Waals surface area contributed by atoms with Gasteiger partial charge in [0, 0.05) is 18.6 Å². The minimum Gasteiger partial charge on any atom is -0.396 e. The topological polar surface area (TPSA) is 49.3 Å². The second-order valence-electron chi connectivity index (χ2n) is 5.68. The number of carbonyl (C=O) groups excluding carboxylic acids is 1. The Balaban J connectivity index is 2.34. The second kappa shape index (κ2) is 8.52. The Labute approximate surface area is 111 Å². The highest BCUT2D eigenvalue weighted by atomic mass is 16.3. The third-order valence-electron chi connectivity index (χ3n) is 4.10. The molecule has 1 aliphatic carbocycles. The van der Waals surface area contributed by atoms with Gasteiger partial charge in [-0.15, -0.1) is 0 Å². The van der Waals surface area contributed by atoms with Gasteiger partial charge in [0.2, 0.25) is 5.91 Å². The van der Waals surface area contributed by atoms with Crippen LogP contribution in [0.25, 0.3) is 0 Å². The molecular weight excluding hydrogens is 226 g/mol. The summed E-state index contributed by atoms with van der Waals surface area (Å²) in [5.41, 5.74) is 0. The molecule has 3 heteroatoms. The fraction of sp³-hybridized carbons (Fsp3) is 0.933. The van der Waals surface area contributed by atoms with Crippen molar-refractivity contribution in [3.63, 3.8) is 0 Å². The van der Waals surface area contributed by atoms with E-state index in [1.807, 2.05) is 0 Å². The molecule has 1 aliphatic rings. The van der Waals surface area contributed by atoms with Crippen LogP contribution < -0.4 is 5.32 Å². The Morgan fingerprint density at radius 1 is 1.17 bits per heavy atom. The van der Waals surface area contributed by atoms with Gasteiger partial charge in [-0.3, -0.25) is 4.79 Å². The molecule has 1 saturated carbocycles. The molecule has 0 bridgehead atoms. The molecule has 1 fully saturated rings. The Hall–Kier alpha value is -0.570. The predicted octanol–water partition coefficient (Wildman–Crippen LogP) is 2.87. The molecule has 2 N–H and O–H groups in total. The SMILES string of the molecule is CCCC(CCC)C(=O)NC1CCC(CO)CC1. The van der Waals surface area contributed by atoms with E-state index in [0.29, 0.717) is 18.6 Å². The molecule has 0 aliphatic heterocycles. The first kappa shape index (κ1) is 15.5. The maximum atomic E-state index is 12.2. The van der Waals surface area contributed by atoms with E-state index in [4.69, 9.17) is 5.11 Å². The molecule has 106 valence electrons. The molecule has 0 radical (unpaired) electrons. The third kappa shape index (κ3) is 4.97. The summed E-state index contributed by atoms with van der Waals surface area (Å²) in [6, 6.07) is 0.344. The van der Waals surface area contributed by atoms with E-state index in [1.165, 1.54) is 0 Å². The van der Waals surface area contributed by atoms with Crippen LogP contribution in [0.15, 0.2) is 0 Å². The highest BCUT2D eigenvalue weighted by Gasteiger charge is 2.24. The van der Waals surface area contributed by atoms with Crippen molar-refractivity contribution >= 4 is 5.91 Å². The second-order valence-corrected chi connectivity index (χ2v) is 5.68. The van der Waals surface area contributed by atoms with Crippen molar-refractivity contribution in [2.75, 3.05) is 6.61 Å². The molecule has 1 rings (SSSR count). The van der Waals surface area contributed by atoms with Crippen LogP contribution in [0.3, 0.4) is 0 Å². The summed E-state index contributed by atoms with van der Waals surface area (Å²) in [5.74, 6) is 0.918. The lowest BCUT2D eigenvalue weighted by molar-refractivity contribution is -0.126. The number of hydrogen-bond donors (Lipinski definition) is 2. The number of amides is 1. The van der Waals surface area contributed by atoms with E-state index in [2.05, 4.69) is 19.2 Å². The molecule has 3 nitrogen and oxygen atoms in total. The zero-order chi connectivity index (χ0) is 13.4. The molecule has 0 atom stereocenters. The molecule has 18 heavy (non-hydrogen) atoms. The average molecular weight is 255 g/mol. The summed E-state index contributed by atoms with van der Waals surface area (Å²) in [5, 5.41) is 12.3. The molecule has 0 heterocycles. The van der Waals surface area contributed by atoms with E-state index in [1.54, 1.807) is 0 Å². The standard InChI is InChI=1S/C15H29NO2/c1-3-5-13(6-4-2)15(18)16-14-9-7-12(11-17)8-10-14/h12-14,17H,3-11H2,1-2H3,(H,16,18). The summed E-state index contributed by atoms with van der Waals surface area (Å²) >= 11 is 0. The maximum Gasteiger partial charge on any atom is 0.223 e. The summed E-state index contributed by atoms with van der Waals surface area (Å²) in [4.78, 5) is 12.2. The zero-order valence-electron chi connectivity index (χ0n) is 12.0. The van der Waals surface area contributed by atoms with Crippen LogP contribution in [0, 0.1) is 11.8 Å². The first-order valence-electron chi connectivity index (χ1n) is 7.62. The van der Waals surface area contributed by atoms with Crippen molar-refractivity contribution < 1.29 is 9.90 Å². The molecule has 1 amide bonds. The van der Waals surface area contributed by atoms with E-state index in [0.717, 1.165) is 51.4 Å².